The highest BCUT2D eigenvalue weighted by atomic mass is 32.2. The van der Waals surface area contributed by atoms with Gasteiger partial charge in [-0.3, -0.25) is 9.69 Å². The van der Waals surface area contributed by atoms with Crippen molar-refractivity contribution >= 4 is 23.6 Å². The molecular weight excluding hydrogens is 334 g/mol. The highest BCUT2D eigenvalue weighted by molar-refractivity contribution is 7.99. The second-order valence-corrected chi connectivity index (χ2v) is 8.17. The fourth-order valence-electron chi connectivity index (χ4n) is 3.74. The molecular formula is C19H21N3O2S. The lowest BCUT2D eigenvalue weighted by molar-refractivity contribution is -0.129. The topological polar surface area (TPSA) is 71.8 Å². The standard InChI is InChI=1S/C19H21N3O2S/c1-18(19(2)9-15(23)22(3)17(20)21-19)11-25-16-13(5-4-6-14(16)18)12-7-8-24-10-12/h4-8,10H,9,11H2,1-3H3,(H2,20,21)/t18?,19-/m0/s1. The summed E-state index contributed by atoms with van der Waals surface area (Å²) in [5.74, 6) is 1.17. The van der Waals surface area contributed by atoms with Crippen molar-refractivity contribution in [3.63, 3.8) is 0 Å². The molecule has 0 fully saturated rings. The third-order valence-electron chi connectivity index (χ3n) is 5.71. The van der Waals surface area contributed by atoms with Crippen LogP contribution in [-0.2, 0) is 10.2 Å². The van der Waals surface area contributed by atoms with Gasteiger partial charge < -0.3 is 10.2 Å². The Morgan fingerprint density at radius 1 is 1.32 bits per heavy atom. The van der Waals surface area contributed by atoms with E-state index in [0.29, 0.717) is 12.4 Å². The zero-order chi connectivity index (χ0) is 17.8. The first kappa shape index (κ1) is 16.3. The number of nitrogens with zero attached hydrogens (tertiary/aromatic N) is 2. The predicted octanol–water partition coefficient (Wildman–Crippen LogP) is 3.25. The minimum absolute atomic E-state index is 0.0145. The average Bonchev–Trinajstić information content (AvgIpc) is 3.22. The summed E-state index contributed by atoms with van der Waals surface area (Å²) < 4.78 is 5.26. The molecule has 4 rings (SSSR count). The molecule has 3 heterocycles. The van der Waals surface area contributed by atoms with Crippen LogP contribution in [0.1, 0.15) is 25.8 Å². The van der Waals surface area contributed by atoms with E-state index in [1.165, 1.54) is 20.9 Å². The van der Waals surface area contributed by atoms with Gasteiger partial charge in [-0.25, -0.2) is 4.99 Å². The molecule has 2 aliphatic rings. The second kappa shape index (κ2) is 5.39. The van der Waals surface area contributed by atoms with Gasteiger partial charge in [0.2, 0.25) is 5.91 Å². The Labute approximate surface area is 151 Å². The first-order chi connectivity index (χ1) is 11.9. The summed E-state index contributed by atoms with van der Waals surface area (Å²) in [4.78, 5) is 19.9. The van der Waals surface area contributed by atoms with E-state index in [1.54, 1.807) is 19.6 Å². The molecule has 0 saturated carbocycles. The summed E-state index contributed by atoms with van der Waals surface area (Å²) in [6.07, 6.45) is 3.81. The Bertz CT molecular complexity index is 877. The Morgan fingerprint density at radius 2 is 2.12 bits per heavy atom. The number of fused-ring (bicyclic) bond motifs is 1. The molecule has 0 aliphatic carbocycles. The minimum atomic E-state index is -0.562. The Morgan fingerprint density at radius 3 is 2.80 bits per heavy atom. The summed E-state index contributed by atoms with van der Waals surface area (Å²) in [6, 6.07) is 8.31. The van der Waals surface area contributed by atoms with Crippen LogP contribution in [0.25, 0.3) is 11.1 Å². The Kier molecular flexibility index (Phi) is 3.51. The number of furan rings is 1. The molecule has 0 saturated heterocycles. The van der Waals surface area contributed by atoms with E-state index < -0.39 is 5.54 Å². The van der Waals surface area contributed by atoms with Gasteiger partial charge in [0.05, 0.1) is 24.5 Å². The van der Waals surface area contributed by atoms with Gasteiger partial charge in [0.15, 0.2) is 5.96 Å². The summed E-state index contributed by atoms with van der Waals surface area (Å²) in [7, 11) is 1.68. The lowest BCUT2D eigenvalue weighted by atomic mass is 9.66. The molecule has 1 aromatic carbocycles. The van der Waals surface area contributed by atoms with Crippen molar-refractivity contribution in [2.24, 2.45) is 10.7 Å². The number of rotatable bonds is 2. The number of nitrogens with two attached hydrogens (primary N) is 1. The van der Waals surface area contributed by atoms with E-state index in [9.17, 15) is 4.79 Å². The van der Waals surface area contributed by atoms with Crippen LogP contribution < -0.4 is 5.73 Å². The SMILES string of the molecule is CN1C(=O)C[C@@](C)(C2(C)CSc3c(-c4ccoc4)cccc32)N=C1N. The third-order valence-corrected chi connectivity index (χ3v) is 7.16. The normalized spacial score (nSPS) is 28.8. The number of hydrogen-bond acceptors (Lipinski definition) is 5. The van der Waals surface area contributed by atoms with Crippen LogP contribution in [0, 0.1) is 0 Å². The first-order valence-electron chi connectivity index (χ1n) is 8.26. The molecule has 2 atom stereocenters. The van der Waals surface area contributed by atoms with Gasteiger partial charge in [-0.2, -0.15) is 0 Å². The van der Waals surface area contributed by atoms with Crippen LogP contribution >= 0.6 is 11.8 Å². The monoisotopic (exact) mass is 355 g/mol. The molecule has 2 aromatic rings. The van der Waals surface area contributed by atoms with E-state index >= 15 is 0 Å². The van der Waals surface area contributed by atoms with Crippen molar-refractivity contribution in [1.82, 2.24) is 4.90 Å². The third kappa shape index (κ3) is 2.24. The van der Waals surface area contributed by atoms with Crippen molar-refractivity contribution in [3.05, 3.63) is 42.4 Å². The smallest absolute Gasteiger partial charge is 0.231 e. The number of thioether (sulfide) groups is 1. The number of benzene rings is 1. The summed E-state index contributed by atoms with van der Waals surface area (Å²) >= 11 is 1.82. The maximum absolute atomic E-state index is 12.4. The van der Waals surface area contributed by atoms with Crippen LogP contribution in [0.15, 0.2) is 51.1 Å². The largest absolute Gasteiger partial charge is 0.472 e. The van der Waals surface area contributed by atoms with Gasteiger partial charge in [-0.1, -0.05) is 25.1 Å². The maximum atomic E-state index is 12.4. The molecule has 1 unspecified atom stereocenters. The summed E-state index contributed by atoms with van der Waals surface area (Å²) in [5.41, 5.74) is 8.67. The second-order valence-electron chi connectivity index (χ2n) is 7.19. The molecule has 2 aliphatic heterocycles. The lowest BCUT2D eigenvalue weighted by Crippen LogP contribution is -2.56. The van der Waals surface area contributed by atoms with Crippen LogP contribution in [0.2, 0.25) is 0 Å². The van der Waals surface area contributed by atoms with Gasteiger partial charge >= 0.3 is 0 Å². The van der Waals surface area contributed by atoms with Gasteiger partial charge in [-0.15, -0.1) is 11.8 Å². The van der Waals surface area contributed by atoms with Crippen LogP contribution in [0.4, 0.5) is 0 Å². The lowest BCUT2D eigenvalue weighted by Gasteiger charge is -2.44. The number of amides is 1. The van der Waals surface area contributed by atoms with E-state index in [1.807, 2.05) is 24.8 Å². The number of carbonyl (C=O) groups excluding carboxylic acids is 1. The molecule has 1 aromatic heterocycles. The molecule has 25 heavy (non-hydrogen) atoms. The van der Waals surface area contributed by atoms with Crippen molar-refractivity contribution < 1.29 is 9.21 Å². The fourth-order valence-corrected chi connectivity index (χ4v) is 5.43. The van der Waals surface area contributed by atoms with E-state index in [2.05, 4.69) is 25.1 Å². The number of aliphatic imine (C=N–C) groups is 1. The molecule has 0 bridgehead atoms. The van der Waals surface area contributed by atoms with Gasteiger partial charge in [0, 0.05) is 28.7 Å². The molecule has 0 spiro atoms. The number of guanidine groups is 1. The van der Waals surface area contributed by atoms with Crippen molar-refractivity contribution in [1.29, 1.82) is 0 Å². The summed E-state index contributed by atoms with van der Waals surface area (Å²) in [5, 5.41) is 0. The van der Waals surface area contributed by atoms with Crippen LogP contribution in [0.5, 0.6) is 0 Å². The first-order valence-corrected chi connectivity index (χ1v) is 9.25. The quantitative estimate of drug-likeness (QED) is 0.898. The van der Waals surface area contributed by atoms with Crippen molar-refractivity contribution in [2.75, 3.05) is 12.8 Å². The molecule has 130 valence electrons. The summed E-state index contributed by atoms with van der Waals surface area (Å²) in [6.45, 7) is 4.24. The van der Waals surface area contributed by atoms with E-state index in [-0.39, 0.29) is 11.3 Å². The van der Waals surface area contributed by atoms with Crippen molar-refractivity contribution in [2.45, 2.75) is 36.1 Å². The Balaban J connectivity index is 1.85. The number of hydrogen-bond donors (Lipinski definition) is 1. The molecule has 2 N–H and O–H groups in total. The van der Waals surface area contributed by atoms with Crippen LogP contribution in [-0.4, -0.2) is 35.1 Å². The minimum Gasteiger partial charge on any atom is -0.472 e. The average molecular weight is 355 g/mol. The molecule has 0 radical (unpaired) electrons. The van der Waals surface area contributed by atoms with Gasteiger partial charge in [-0.05, 0) is 24.1 Å². The maximum Gasteiger partial charge on any atom is 0.231 e. The zero-order valence-corrected chi connectivity index (χ0v) is 15.4. The molecule has 1 amide bonds. The van der Waals surface area contributed by atoms with E-state index in [0.717, 1.165) is 11.3 Å². The zero-order valence-electron chi connectivity index (χ0n) is 14.6. The fraction of sp³-hybridized carbons (Fsp3) is 0.368. The van der Waals surface area contributed by atoms with Crippen molar-refractivity contribution in [3.8, 4) is 11.1 Å². The van der Waals surface area contributed by atoms with Gasteiger partial charge in [0.25, 0.3) is 0 Å². The van der Waals surface area contributed by atoms with Gasteiger partial charge in [0.1, 0.15) is 0 Å². The highest BCUT2D eigenvalue weighted by Crippen LogP contribution is 2.55. The predicted molar refractivity (Wildman–Crippen MR) is 99.6 cm³/mol. The van der Waals surface area contributed by atoms with Crippen LogP contribution in [0.3, 0.4) is 0 Å². The number of carbonyl (C=O) groups is 1. The molecule has 6 heteroatoms. The van der Waals surface area contributed by atoms with E-state index in [4.69, 9.17) is 15.1 Å². The highest BCUT2D eigenvalue weighted by Gasteiger charge is 2.53. The molecule has 5 nitrogen and oxygen atoms in total. The Hall–Kier alpha value is -2.21.